The van der Waals surface area contributed by atoms with Crippen LogP contribution in [0.15, 0.2) is 42.5 Å². The Kier molecular flexibility index (Phi) is 4.78. The summed E-state index contributed by atoms with van der Waals surface area (Å²) in [6.07, 6.45) is 0. The molecule has 2 aromatic rings. The zero-order chi connectivity index (χ0) is 18.9. The van der Waals surface area contributed by atoms with E-state index in [1.54, 1.807) is 54.4 Å². The Bertz CT molecular complexity index is 850. The SMILES string of the molecule is CN1C(=O)C(C)(C)COc2ccc(NC(=O)Nc3ccc(Cl)cc3)cc21. The maximum Gasteiger partial charge on any atom is 0.323 e. The number of urea groups is 1. The summed E-state index contributed by atoms with van der Waals surface area (Å²) in [5, 5.41) is 6.07. The molecule has 0 fully saturated rings. The van der Waals surface area contributed by atoms with Gasteiger partial charge >= 0.3 is 6.03 Å². The monoisotopic (exact) mass is 373 g/mol. The summed E-state index contributed by atoms with van der Waals surface area (Å²) in [7, 11) is 1.70. The second kappa shape index (κ2) is 6.88. The van der Waals surface area contributed by atoms with Gasteiger partial charge in [0.15, 0.2) is 0 Å². The molecule has 3 rings (SSSR count). The van der Waals surface area contributed by atoms with Crippen molar-refractivity contribution >= 4 is 40.6 Å². The van der Waals surface area contributed by atoms with Gasteiger partial charge < -0.3 is 20.3 Å². The Morgan fingerprint density at radius 2 is 1.73 bits per heavy atom. The van der Waals surface area contributed by atoms with E-state index < -0.39 is 11.4 Å². The maximum atomic E-state index is 12.6. The fraction of sp³-hybridized carbons (Fsp3) is 0.263. The van der Waals surface area contributed by atoms with E-state index in [1.165, 1.54) is 0 Å². The van der Waals surface area contributed by atoms with Crippen molar-refractivity contribution in [2.75, 3.05) is 29.2 Å². The smallest absolute Gasteiger partial charge is 0.323 e. The van der Waals surface area contributed by atoms with E-state index in [4.69, 9.17) is 16.3 Å². The maximum absolute atomic E-state index is 12.6. The minimum atomic E-state index is -0.618. The van der Waals surface area contributed by atoms with Crippen LogP contribution in [0.2, 0.25) is 5.02 Å². The molecule has 2 aromatic carbocycles. The Morgan fingerprint density at radius 1 is 1.12 bits per heavy atom. The van der Waals surface area contributed by atoms with Gasteiger partial charge in [0.1, 0.15) is 12.4 Å². The van der Waals surface area contributed by atoms with Crippen molar-refractivity contribution in [3.8, 4) is 5.75 Å². The number of carbonyl (C=O) groups excluding carboxylic acids is 2. The van der Waals surface area contributed by atoms with Crippen LogP contribution in [0.3, 0.4) is 0 Å². The van der Waals surface area contributed by atoms with Crippen molar-refractivity contribution in [2.24, 2.45) is 5.41 Å². The zero-order valence-electron chi connectivity index (χ0n) is 14.8. The lowest BCUT2D eigenvalue weighted by molar-refractivity contribution is -0.127. The lowest BCUT2D eigenvalue weighted by Gasteiger charge is -2.24. The number of halogens is 1. The number of anilines is 3. The van der Waals surface area contributed by atoms with Gasteiger partial charge in [0.2, 0.25) is 5.91 Å². The number of amides is 3. The van der Waals surface area contributed by atoms with Crippen LogP contribution < -0.4 is 20.3 Å². The van der Waals surface area contributed by atoms with Crippen molar-refractivity contribution < 1.29 is 14.3 Å². The number of hydrogen-bond acceptors (Lipinski definition) is 3. The highest BCUT2D eigenvalue weighted by atomic mass is 35.5. The molecule has 1 aliphatic rings. The van der Waals surface area contributed by atoms with Crippen LogP contribution in [0, 0.1) is 5.41 Å². The third-order valence-electron chi connectivity index (χ3n) is 4.15. The van der Waals surface area contributed by atoms with Crippen molar-refractivity contribution in [2.45, 2.75) is 13.8 Å². The summed E-state index contributed by atoms with van der Waals surface area (Å²) in [6.45, 7) is 3.99. The molecule has 0 unspecified atom stereocenters. The van der Waals surface area contributed by atoms with Crippen LogP contribution in [-0.2, 0) is 4.79 Å². The minimum absolute atomic E-state index is 0.0426. The van der Waals surface area contributed by atoms with Gasteiger partial charge in [-0.05, 0) is 56.3 Å². The highest BCUT2D eigenvalue weighted by molar-refractivity contribution is 6.30. The molecule has 3 amide bonds. The molecular weight excluding hydrogens is 354 g/mol. The Labute approximate surface area is 157 Å². The third kappa shape index (κ3) is 3.75. The van der Waals surface area contributed by atoms with E-state index in [2.05, 4.69) is 10.6 Å². The quantitative estimate of drug-likeness (QED) is 0.821. The Hall–Kier alpha value is -2.73. The highest BCUT2D eigenvalue weighted by Gasteiger charge is 2.36. The largest absolute Gasteiger partial charge is 0.490 e. The predicted octanol–water partition coefficient (Wildman–Crippen LogP) is 4.37. The normalized spacial score (nSPS) is 15.5. The van der Waals surface area contributed by atoms with E-state index in [-0.39, 0.29) is 5.91 Å². The highest BCUT2D eigenvalue weighted by Crippen LogP contribution is 2.37. The summed E-state index contributed by atoms with van der Waals surface area (Å²) < 4.78 is 5.77. The standard InChI is InChI=1S/C19H20ClN3O3/c1-19(2)11-26-16-9-8-14(10-15(16)23(3)17(19)24)22-18(25)21-13-6-4-12(20)5-7-13/h4-10H,11H2,1-3H3,(H2,21,22,25). The molecule has 0 aromatic heterocycles. The average molecular weight is 374 g/mol. The molecule has 0 atom stereocenters. The number of rotatable bonds is 2. The number of hydrogen-bond donors (Lipinski definition) is 2. The second-order valence-corrected chi connectivity index (χ2v) is 7.24. The van der Waals surface area contributed by atoms with Crippen molar-refractivity contribution in [3.05, 3.63) is 47.5 Å². The number of carbonyl (C=O) groups is 2. The Balaban J connectivity index is 1.76. The predicted molar refractivity (Wildman–Crippen MR) is 103 cm³/mol. The molecule has 6 nitrogen and oxygen atoms in total. The fourth-order valence-corrected chi connectivity index (χ4v) is 2.82. The van der Waals surface area contributed by atoms with Gasteiger partial charge in [0, 0.05) is 23.4 Å². The van der Waals surface area contributed by atoms with Crippen LogP contribution in [0.1, 0.15) is 13.8 Å². The third-order valence-corrected chi connectivity index (χ3v) is 4.40. The summed E-state index contributed by atoms with van der Waals surface area (Å²) >= 11 is 5.83. The van der Waals surface area contributed by atoms with Crippen molar-refractivity contribution in [1.29, 1.82) is 0 Å². The summed E-state index contributed by atoms with van der Waals surface area (Å²) in [4.78, 5) is 26.3. The van der Waals surface area contributed by atoms with E-state index in [0.29, 0.717) is 34.4 Å². The molecule has 26 heavy (non-hydrogen) atoms. The summed E-state index contributed by atoms with van der Waals surface area (Å²) in [5.74, 6) is 0.564. The summed E-state index contributed by atoms with van der Waals surface area (Å²) in [5.41, 5.74) is 1.18. The second-order valence-electron chi connectivity index (χ2n) is 6.81. The number of fused-ring (bicyclic) bond motifs is 1. The van der Waals surface area contributed by atoms with Crippen LogP contribution in [0.25, 0.3) is 0 Å². The number of benzene rings is 2. The van der Waals surface area contributed by atoms with E-state index >= 15 is 0 Å². The lowest BCUT2D eigenvalue weighted by Crippen LogP contribution is -2.39. The molecule has 136 valence electrons. The van der Waals surface area contributed by atoms with Crippen LogP contribution in [0.4, 0.5) is 21.9 Å². The molecule has 2 N–H and O–H groups in total. The first kappa shape index (κ1) is 18.1. The van der Waals surface area contributed by atoms with Crippen LogP contribution in [0.5, 0.6) is 5.75 Å². The van der Waals surface area contributed by atoms with E-state index in [0.717, 1.165) is 0 Å². The van der Waals surface area contributed by atoms with Gasteiger partial charge in [-0.2, -0.15) is 0 Å². The molecule has 0 radical (unpaired) electrons. The van der Waals surface area contributed by atoms with Gasteiger partial charge in [-0.15, -0.1) is 0 Å². The molecule has 0 bridgehead atoms. The topological polar surface area (TPSA) is 70.7 Å². The first-order chi connectivity index (χ1) is 12.3. The van der Waals surface area contributed by atoms with Gasteiger partial charge in [0.25, 0.3) is 0 Å². The number of ether oxygens (including phenoxy) is 1. The molecule has 1 aliphatic heterocycles. The van der Waals surface area contributed by atoms with Crippen molar-refractivity contribution in [1.82, 2.24) is 0 Å². The van der Waals surface area contributed by atoms with E-state index in [9.17, 15) is 9.59 Å². The molecule has 0 spiro atoms. The number of nitrogens with one attached hydrogen (secondary N) is 2. The average Bonchev–Trinajstić information content (AvgIpc) is 2.68. The molecule has 0 saturated heterocycles. The molecule has 7 heteroatoms. The van der Waals surface area contributed by atoms with Gasteiger partial charge in [0.05, 0.1) is 11.1 Å². The van der Waals surface area contributed by atoms with Crippen LogP contribution in [-0.4, -0.2) is 25.6 Å². The minimum Gasteiger partial charge on any atom is -0.490 e. The first-order valence-corrected chi connectivity index (χ1v) is 8.53. The molecule has 1 heterocycles. The first-order valence-electron chi connectivity index (χ1n) is 8.15. The van der Waals surface area contributed by atoms with Gasteiger partial charge in [-0.25, -0.2) is 4.79 Å². The van der Waals surface area contributed by atoms with Gasteiger partial charge in [-0.3, -0.25) is 4.79 Å². The van der Waals surface area contributed by atoms with Gasteiger partial charge in [-0.1, -0.05) is 11.6 Å². The number of nitrogens with zero attached hydrogens (tertiary/aromatic N) is 1. The molecule has 0 aliphatic carbocycles. The molecule has 0 saturated carbocycles. The summed E-state index contributed by atoms with van der Waals surface area (Å²) in [6, 6.07) is 11.6. The van der Waals surface area contributed by atoms with Crippen LogP contribution >= 0.6 is 11.6 Å². The van der Waals surface area contributed by atoms with E-state index in [1.807, 2.05) is 13.8 Å². The Morgan fingerprint density at radius 3 is 2.42 bits per heavy atom. The fourth-order valence-electron chi connectivity index (χ4n) is 2.69. The van der Waals surface area contributed by atoms with Crippen molar-refractivity contribution in [3.63, 3.8) is 0 Å². The molecular formula is C19H20ClN3O3. The zero-order valence-corrected chi connectivity index (χ0v) is 15.6. The lowest BCUT2D eigenvalue weighted by atomic mass is 9.93.